The van der Waals surface area contributed by atoms with Crippen molar-refractivity contribution in [1.82, 2.24) is 9.38 Å². The molecule has 4 nitrogen and oxygen atoms in total. The summed E-state index contributed by atoms with van der Waals surface area (Å²) < 4.78 is 7.72. The second-order valence-corrected chi connectivity index (χ2v) is 5.94. The first-order valence-corrected chi connectivity index (χ1v) is 7.57. The quantitative estimate of drug-likeness (QED) is 0.683. The lowest BCUT2D eigenvalue weighted by atomic mass is 10.3. The molecule has 7 heteroatoms. The molecule has 0 saturated heterocycles. The SMILES string of the molecule is CCOC(=O)Cc1cn2c(n1)sc1c(Cl)c(Cl)ccc12. The molecule has 3 rings (SSSR count). The molecule has 104 valence electrons. The first-order chi connectivity index (χ1) is 9.60. The monoisotopic (exact) mass is 328 g/mol. The zero-order valence-electron chi connectivity index (χ0n) is 10.5. The molecule has 2 aromatic heterocycles. The van der Waals surface area contributed by atoms with E-state index < -0.39 is 0 Å². The summed E-state index contributed by atoms with van der Waals surface area (Å²) in [6.45, 7) is 2.15. The largest absolute Gasteiger partial charge is 0.466 e. The maximum absolute atomic E-state index is 11.5. The van der Waals surface area contributed by atoms with Crippen LogP contribution in [0.25, 0.3) is 15.2 Å². The molecule has 0 amide bonds. The normalized spacial score (nSPS) is 11.3. The molecule has 0 spiro atoms. The molecule has 0 aliphatic carbocycles. The first kappa shape index (κ1) is 13.7. The Morgan fingerprint density at radius 1 is 1.45 bits per heavy atom. The van der Waals surface area contributed by atoms with Crippen LogP contribution >= 0.6 is 34.5 Å². The van der Waals surface area contributed by atoms with Gasteiger partial charge >= 0.3 is 5.97 Å². The molecule has 20 heavy (non-hydrogen) atoms. The number of fused-ring (bicyclic) bond motifs is 3. The Balaban J connectivity index is 2.05. The number of carbonyl (C=O) groups is 1. The van der Waals surface area contributed by atoms with E-state index in [0.29, 0.717) is 22.3 Å². The summed E-state index contributed by atoms with van der Waals surface area (Å²) in [6.07, 6.45) is 2.00. The third-order valence-electron chi connectivity index (χ3n) is 2.84. The highest BCUT2D eigenvalue weighted by atomic mass is 35.5. The van der Waals surface area contributed by atoms with Crippen molar-refractivity contribution in [2.45, 2.75) is 13.3 Å². The molecule has 0 bridgehead atoms. The molecular weight excluding hydrogens is 319 g/mol. The summed E-state index contributed by atoms with van der Waals surface area (Å²) in [5, 5.41) is 1.06. The fraction of sp³-hybridized carbons (Fsp3) is 0.231. The smallest absolute Gasteiger partial charge is 0.311 e. The van der Waals surface area contributed by atoms with Crippen LogP contribution in [0.3, 0.4) is 0 Å². The van der Waals surface area contributed by atoms with Crippen molar-refractivity contribution in [1.29, 1.82) is 0 Å². The highest BCUT2D eigenvalue weighted by Crippen LogP contribution is 2.36. The molecule has 0 saturated carbocycles. The van der Waals surface area contributed by atoms with E-state index in [9.17, 15) is 4.79 Å². The molecule has 0 N–H and O–H groups in total. The van der Waals surface area contributed by atoms with Gasteiger partial charge in [-0.1, -0.05) is 34.5 Å². The lowest BCUT2D eigenvalue weighted by Crippen LogP contribution is -2.07. The molecule has 1 aromatic carbocycles. The Morgan fingerprint density at radius 3 is 3.00 bits per heavy atom. The van der Waals surface area contributed by atoms with Crippen molar-refractivity contribution in [2.24, 2.45) is 0 Å². The first-order valence-electron chi connectivity index (χ1n) is 6.00. The molecule has 2 heterocycles. The molecular formula is C13H10Cl2N2O2S. The number of hydrogen-bond acceptors (Lipinski definition) is 4. The van der Waals surface area contributed by atoms with Gasteiger partial charge in [0.25, 0.3) is 0 Å². The minimum Gasteiger partial charge on any atom is -0.466 e. The fourth-order valence-electron chi connectivity index (χ4n) is 2.00. The van der Waals surface area contributed by atoms with Gasteiger partial charge in [-0.15, -0.1) is 0 Å². The number of benzene rings is 1. The van der Waals surface area contributed by atoms with Gasteiger partial charge in [0.05, 0.1) is 39.0 Å². The minimum atomic E-state index is -0.274. The molecule has 0 atom stereocenters. The van der Waals surface area contributed by atoms with E-state index in [1.54, 1.807) is 13.0 Å². The van der Waals surface area contributed by atoms with Gasteiger partial charge in [0.2, 0.25) is 0 Å². The van der Waals surface area contributed by atoms with Crippen molar-refractivity contribution in [3.05, 3.63) is 34.1 Å². The topological polar surface area (TPSA) is 43.6 Å². The number of nitrogens with zero attached hydrogens (tertiary/aromatic N) is 2. The van der Waals surface area contributed by atoms with Crippen LogP contribution < -0.4 is 0 Å². The van der Waals surface area contributed by atoms with E-state index in [0.717, 1.165) is 15.2 Å². The summed E-state index contributed by atoms with van der Waals surface area (Å²) in [5.74, 6) is -0.274. The average molecular weight is 329 g/mol. The maximum atomic E-state index is 11.5. The summed E-state index contributed by atoms with van der Waals surface area (Å²) in [5.41, 5.74) is 1.62. The van der Waals surface area contributed by atoms with Crippen molar-refractivity contribution >= 4 is 55.7 Å². The number of rotatable bonds is 3. The van der Waals surface area contributed by atoms with Gasteiger partial charge in [0, 0.05) is 6.20 Å². The minimum absolute atomic E-state index is 0.172. The lowest BCUT2D eigenvalue weighted by molar-refractivity contribution is -0.142. The van der Waals surface area contributed by atoms with Crippen LogP contribution in [-0.4, -0.2) is 22.0 Å². The summed E-state index contributed by atoms with van der Waals surface area (Å²) in [6, 6.07) is 3.65. The van der Waals surface area contributed by atoms with Crippen LogP contribution in [0.2, 0.25) is 10.0 Å². The zero-order chi connectivity index (χ0) is 14.3. The summed E-state index contributed by atoms with van der Waals surface area (Å²) in [4.78, 5) is 16.7. The molecule has 0 aliphatic heterocycles. The van der Waals surface area contributed by atoms with E-state index in [1.165, 1.54) is 11.3 Å². The van der Waals surface area contributed by atoms with E-state index >= 15 is 0 Å². The molecule has 0 fully saturated rings. The molecule has 0 aliphatic rings. The van der Waals surface area contributed by atoms with Gasteiger partial charge in [0.15, 0.2) is 4.96 Å². The predicted molar refractivity (Wildman–Crippen MR) is 80.9 cm³/mol. The van der Waals surface area contributed by atoms with Crippen LogP contribution in [0, 0.1) is 0 Å². The number of aromatic nitrogens is 2. The Kier molecular flexibility index (Phi) is 3.58. The highest BCUT2D eigenvalue weighted by Gasteiger charge is 2.14. The van der Waals surface area contributed by atoms with Gasteiger partial charge in [0.1, 0.15) is 0 Å². The average Bonchev–Trinajstić information content (AvgIpc) is 2.92. The van der Waals surface area contributed by atoms with Gasteiger partial charge in [-0.2, -0.15) is 0 Å². The molecule has 0 unspecified atom stereocenters. The maximum Gasteiger partial charge on any atom is 0.311 e. The third-order valence-corrected chi connectivity index (χ3v) is 4.84. The zero-order valence-corrected chi connectivity index (χ0v) is 12.8. The number of ether oxygens (including phenoxy) is 1. The van der Waals surface area contributed by atoms with Gasteiger partial charge in [-0.3, -0.25) is 9.20 Å². The van der Waals surface area contributed by atoms with Crippen LogP contribution in [0.1, 0.15) is 12.6 Å². The molecule has 3 aromatic rings. The van der Waals surface area contributed by atoms with Gasteiger partial charge in [-0.05, 0) is 19.1 Å². The van der Waals surface area contributed by atoms with Crippen LogP contribution in [0.4, 0.5) is 0 Å². The van der Waals surface area contributed by atoms with E-state index in [2.05, 4.69) is 4.98 Å². The van der Waals surface area contributed by atoms with Crippen LogP contribution in [-0.2, 0) is 16.0 Å². The Hall–Kier alpha value is -1.30. The third kappa shape index (κ3) is 2.26. The Morgan fingerprint density at radius 2 is 2.25 bits per heavy atom. The molecule has 0 radical (unpaired) electrons. The van der Waals surface area contributed by atoms with E-state index in [1.807, 2.05) is 16.7 Å². The number of carbonyl (C=O) groups excluding carboxylic acids is 1. The number of thiazole rings is 1. The number of hydrogen-bond donors (Lipinski definition) is 0. The lowest BCUT2D eigenvalue weighted by Gasteiger charge is -1.98. The summed E-state index contributed by atoms with van der Waals surface area (Å²) >= 11 is 13.6. The van der Waals surface area contributed by atoms with Crippen molar-refractivity contribution in [2.75, 3.05) is 6.61 Å². The number of halogens is 2. The summed E-state index contributed by atoms with van der Waals surface area (Å²) in [7, 11) is 0. The van der Waals surface area contributed by atoms with Crippen LogP contribution in [0.15, 0.2) is 18.3 Å². The predicted octanol–water partition coefficient (Wildman–Crippen LogP) is 3.96. The van der Waals surface area contributed by atoms with Crippen LogP contribution in [0.5, 0.6) is 0 Å². The second-order valence-electron chi connectivity index (χ2n) is 4.18. The number of esters is 1. The van der Waals surface area contributed by atoms with Crippen molar-refractivity contribution in [3.8, 4) is 0 Å². The van der Waals surface area contributed by atoms with E-state index in [-0.39, 0.29) is 12.4 Å². The Bertz CT molecular complexity index is 810. The number of imidazole rings is 1. The fourth-order valence-corrected chi connectivity index (χ4v) is 3.55. The van der Waals surface area contributed by atoms with Crippen molar-refractivity contribution in [3.63, 3.8) is 0 Å². The second kappa shape index (κ2) is 5.24. The van der Waals surface area contributed by atoms with Gasteiger partial charge in [-0.25, -0.2) is 4.98 Å². The highest BCUT2D eigenvalue weighted by molar-refractivity contribution is 7.24. The van der Waals surface area contributed by atoms with Crippen molar-refractivity contribution < 1.29 is 9.53 Å². The van der Waals surface area contributed by atoms with E-state index in [4.69, 9.17) is 27.9 Å². The standard InChI is InChI=1S/C13H10Cl2N2O2S/c1-2-19-10(18)5-7-6-17-9-4-3-8(14)11(15)12(9)20-13(17)16-7/h3-4,6H,2,5H2,1H3. The Labute approximate surface area is 128 Å². The van der Waals surface area contributed by atoms with Gasteiger partial charge < -0.3 is 4.74 Å².